The second-order valence-electron chi connectivity index (χ2n) is 4.17. The number of benzene rings is 2. The SMILES string of the molecule is N#Cc1cccc(C(N)=O)c1C(=S)Nc1cccc(Br)c1. The molecule has 0 aliphatic heterocycles. The zero-order valence-corrected chi connectivity index (χ0v) is 13.2. The summed E-state index contributed by atoms with van der Waals surface area (Å²) in [6.45, 7) is 0. The maximum atomic E-state index is 11.5. The van der Waals surface area contributed by atoms with Crippen LogP contribution in [0.15, 0.2) is 46.9 Å². The fourth-order valence-electron chi connectivity index (χ4n) is 1.86. The fourth-order valence-corrected chi connectivity index (χ4v) is 2.59. The second kappa shape index (κ2) is 6.48. The molecule has 0 unspecified atom stereocenters. The maximum absolute atomic E-state index is 11.5. The summed E-state index contributed by atoms with van der Waals surface area (Å²) >= 11 is 8.69. The Morgan fingerprint density at radius 2 is 2.00 bits per heavy atom. The number of rotatable bonds is 3. The predicted octanol–water partition coefficient (Wildman–Crippen LogP) is 3.21. The molecule has 0 spiro atoms. The van der Waals surface area contributed by atoms with Crippen molar-refractivity contribution in [3.05, 3.63) is 63.6 Å². The van der Waals surface area contributed by atoms with E-state index in [1.165, 1.54) is 0 Å². The number of halogens is 1. The minimum Gasteiger partial charge on any atom is -0.366 e. The number of anilines is 1. The van der Waals surface area contributed by atoms with E-state index in [0.717, 1.165) is 10.2 Å². The number of nitrogens with two attached hydrogens (primary N) is 1. The highest BCUT2D eigenvalue weighted by atomic mass is 79.9. The zero-order chi connectivity index (χ0) is 15.4. The van der Waals surface area contributed by atoms with Crippen molar-refractivity contribution >= 4 is 44.7 Å². The van der Waals surface area contributed by atoms with Gasteiger partial charge in [-0.05, 0) is 30.3 Å². The Kier molecular flexibility index (Phi) is 4.68. The summed E-state index contributed by atoms with van der Waals surface area (Å²) < 4.78 is 0.888. The molecule has 1 amide bonds. The van der Waals surface area contributed by atoms with Gasteiger partial charge in [0.05, 0.1) is 17.2 Å². The van der Waals surface area contributed by atoms with Crippen LogP contribution in [0.2, 0.25) is 0 Å². The first-order valence-corrected chi connectivity index (χ1v) is 7.13. The predicted molar refractivity (Wildman–Crippen MR) is 89.1 cm³/mol. The van der Waals surface area contributed by atoms with Crippen molar-refractivity contribution in [1.29, 1.82) is 5.26 Å². The number of nitrogens with zero attached hydrogens (tertiary/aromatic N) is 1. The number of nitrogens with one attached hydrogen (secondary N) is 1. The van der Waals surface area contributed by atoms with Crippen LogP contribution in [0.25, 0.3) is 0 Å². The molecule has 0 bridgehead atoms. The third-order valence-corrected chi connectivity index (χ3v) is 3.56. The Morgan fingerprint density at radius 1 is 1.29 bits per heavy atom. The molecule has 0 aliphatic carbocycles. The summed E-state index contributed by atoms with van der Waals surface area (Å²) in [6.07, 6.45) is 0. The van der Waals surface area contributed by atoms with Crippen LogP contribution >= 0.6 is 28.1 Å². The van der Waals surface area contributed by atoms with Crippen LogP contribution in [-0.2, 0) is 0 Å². The minimum atomic E-state index is -0.625. The average Bonchev–Trinajstić information content (AvgIpc) is 2.46. The van der Waals surface area contributed by atoms with Gasteiger partial charge in [-0.1, -0.05) is 40.3 Å². The Labute approximate surface area is 135 Å². The molecule has 2 rings (SSSR count). The largest absolute Gasteiger partial charge is 0.366 e. The first-order chi connectivity index (χ1) is 10.0. The van der Waals surface area contributed by atoms with Crippen LogP contribution in [0, 0.1) is 11.3 Å². The number of amides is 1. The molecule has 2 aromatic carbocycles. The van der Waals surface area contributed by atoms with Crippen molar-refractivity contribution in [2.45, 2.75) is 0 Å². The van der Waals surface area contributed by atoms with E-state index in [9.17, 15) is 10.1 Å². The van der Waals surface area contributed by atoms with Crippen LogP contribution in [0.5, 0.6) is 0 Å². The number of hydrogen-bond acceptors (Lipinski definition) is 3. The molecule has 0 atom stereocenters. The highest BCUT2D eigenvalue weighted by Crippen LogP contribution is 2.20. The molecular formula is C15H10BrN3OS. The highest BCUT2D eigenvalue weighted by Gasteiger charge is 2.16. The second-order valence-corrected chi connectivity index (χ2v) is 5.49. The Bertz CT molecular complexity index is 768. The summed E-state index contributed by atoms with van der Waals surface area (Å²) in [4.78, 5) is 11.8. The fraction of sp³-hybridized carbons (Fsp3) is 0. The van der Waals surface area contributed by atoms with Crippen LogP contribution in [-0.4, -0.2) is 10.9 Å². The van der Waals surface area contributed by atoms with Crippen LogP contribution in [0.3, 0.4) is 0 Å². The number of carbonyl (C=O) groups is 1. The zero-order valence-electron chi connectivity index (χ0n) is 10.8. The quantitative estimate of drug-likeness (QED) is 0.824. The summed E-state index contributed by atoms with van der Waals surface area (Å²) in [5.74, 6) is -0.625. The number of thiocarbonyl (C=S) groups is 1. The van der Waals surface area contributed by atoms with Gasteiger partial charge in [0.2, 0.25) is 5.91 Å². The molecule has 0 fully saturated rings. The van der Waals surface area contributed by atoms with E-state index < -0.39 is 5.91 Å². The van der Waals surface area contributed by atoms with E-state index in [-0.39, 0.29) is 10.6 Å². The summed E-state index contributed by atoms with van der Waals surface area (Å²) in [7, 11) is 0. The van der Waals surface area contributed by atoms with Gasteiger partial charge in [0.1, 0.15) is 4.99 Å². The number of nitriles is 1. The first kappa shape index (κ1) is 15.2. The van der Waals surface area contributed by atoms with Gasteiger partial charge in [0, 0.05) is 15.7 Å². The molecule has 0 aromatic heterocycles. The van der Waals surface area contributed by atoms with Gasteiger partial charge in [-0.2, -0.15) is 5.26 Å². The van der Waals surface area contributed by atoms with Gasteiger partial charge in [-0.3, -0.25) is 4.79 Å². The van der Waals surface area contributed by atoms with Crippen LogP contribution in [0.1, 0.15) is 21.5 Å². The first-order valence-electron chi connectivity index (χ1n) is 5.92. The molecule has 4 nitrogen and oxygen atoms in total. The summed E-state index contributed by atoms with van der Waals surface area (Å²) in [5, 5.41) is 12.2. The molecule has 0 saturated heterocycles. The van der Waals surface area contributed by atoms with Crippen molar-refractivity contribution in [1.82, 2.24) is 0 Å². The monoisotopic (exact) mass is 359 g/mol. The van der Waals surface area contributed by atoms with E-state index in [2.05, 4.69) is 21.2 Å². The van der Waals surface area contributed by atoms with E-state index in [4.69, 9.17) is 18.0 Å². The maximum Gasteiger partial charge on any atom is 0.249 e. The van der Waals surface area contributed by atoms with E-state index in [1.54, 1.807) is 18.2 Å². The van der Waals surface area contributed by atoms with Gasteiger partial charge in [-0.15, -0.1) is 0 Å². The number of carbonyl (C=O) groups excluding carboxylic acids is 1. The van der Waals surface area contributed by atoms with Gasteiger partial charge >= 0.3 is 0 Å². The highest BCUT2D eigenvalue weighted by molar-refractivity contribution is 9.10. The van der Waals surface area contributed by atoms with Gasteiger partial charge in [0.25, 0.3) is 0 Å². The number of hydrogen-bond donors (Lipinski definition) is 2. The third-order valence-electron chi connectivity index (χ3n) is 2.76. The normalized spacial score (nSPS) is 9.71. The molecule has 0 heterocycles. The van der Waals surface area contributed by atoms with Gasteiger partial charge < -0.3 is 11.1 Å². The number of primary amides is 1. The molecule has 104 valence electrons. The van der Waals surface area contributed by atoms with E-state index in [0.29, 0.717) is 11.1 Å². The lowest BCUT2D eigenvalue weighted by Gasteiger charge is -2.12. The smallest absolute Gasteiger partial charge is 0.249 e. The molecule has 0 saturated carbocycles. The lowest BCUT2D eigenvalue weighted by Crippen LogP contribution is -2.21. The minimum absolute atomic E-state index is 0.224. The molecule has 0 aliphatic rings. The van der Waals surface area contributed by atoms with Crippen molar-refractivity contribution < 1.29 is 4.79 Å². The third kappa shape index (κ3) is 3.45. The molecule has 2 aromatic rings. The standard InChI is InChI=1S/C15H10BrN3OS/c16-10-4-2-5-11(7-10)19-15(21)13-9(8-17)3-1-6-12(13)14(18)20/h1-7H,(H2,18,20)(H,19,21). The van der Waals surface area contributed by atoms with Gasteiger partial charge in [0.15, 0.2) is 0 Å². The van der Waals surface area contributed by atoms with Crippen molar-refractivity contribution in [3.63, 3.8) is 0 Å². The molecule has 21 heavy (non-hydrogen) atoms. The summed E-state index contributed by atoms with van der Waals surface area (Å²) in [6, 6.07) is 14.2. The van der Waals surface area contributed by atoms with Crippen LogP contribution < -0.4 is 11.1 Å². The van der Waals surface area contributed by atoms with E-state index in [1.807, 2.05) is 30.3 Å². The molecule has 0 radical (unpaired) electrons. The Morgan fingerprint density at radius 3 is 2.62 bits per heavy atom. The lowest BCUT2D eigenvalue weighted by atomic mass is 10.0. The lowest BCUT2D eigenvalue weighted by molar-refractivity contribution is 0.1000. The van der Waals surface area contributed by atoms with Crippen molar-refractivity contribution in [2.24, 2.45) is 5.73 Å². The molecule has 3 N–H and O–H groups in total. The van der Waals surface area contributed by atoms with Crippen LogP contribution in [0.4, 0.5) is 5.69 Å². The molecular weight excluding hydrogens is 350 g/mol. The Balaban J connectivity index is 2.44. The van der Waals surface area contributed by atoms with Crippen molar-refractivity contribution in [3.8, 4) is 6.07 Å². The average molecular weight is 360 g/mol. The van der Waals surface area contributed by atoms with E-state index >= 15 is 0 Å². The van der Waals surface area contributed by atoms with Crippen molar-refractivity contribution in [2.75, 3.05) is 5.32 Å². The topological polar surface area (TPSA) is 78.9 Å². The molecule has 6 heteroatoms. The Hall–Kier alpha value is -2.23. The summed E-state index contributed by atoms with van der Waals surface area (Å²) in [5.41, 5.74) is 6.98. The van der Waals surface area contributed by atoms with Gasteiger partial charge in [-0.25, -0.2) is 0 Å².